The highest BCUT2D eigenvalue weighted by Crippen LogP contribution is 2.32. The van der Waals surface area contributed by atoms with Crippen molar-refractivity contribution in [1.29, 1.82) is 0 Å². The maximum Gasteiger partial charge on any atom is 0.407 e. The highest BCUT2D eigenvalue weighted by atomic mass is 16.5. The van der Waals surface area contributed by atoms with Crippen molar-refractivity contribution in [2.45, 2.75) is 58.7 Å². The largest absolute Gasteiger partial charge is 0.457 e. The number of alkyl carbamates (subject to hydrolysis) is 1. The second-order valence-electron chi connectivity index (χ2n) is 8.19. The van der Waals surface area contributed by atoms with Gasteiger partial charge in [-0.3, -0.25) is 4.79 Å². The molecule has 3 rings (SSSR count). The normalized spacial score (nSPS) is 17.0. The Morgan fingerprint density at radius 3 is 2.63 bits per heavy atom. The minimum absolute atomic E-state index is 0.00873. The summed E-state index contributed by atoms with van der Waals surface area (Å²) in [4.78, 5) is 36.1. The predicted molar refractivity (Wildman–Crippen MR) is 98.1 cm³/mol. The molecule has 2 aliphatic rings. The number of nitrogens with one attached hydrogen (secondary N) is 2. The Balaban J connectivity index is 1.79. The number of carbonyl (C=O) groups is 3. The third-order valence-corrected chi connectivity index (χ3v) is 4.71. The molecule has 1 saturated carbocycles. The van der Waals surface area contributed by atoms with Gasteiger partial charge in [0.1, 0.15) is 13.2 Å². The van der Waals surface area contributed by atoms with Crippen molar-refractivity contribution in [3.8, 4) is 0 Å². The lowest BCUT2D eigenvalue weighted by molar-refractivity contribution is -0.123. The van der Waals surface area contributed by atoms with Gasteiger partial charge in [0.15, 0.2) is 0 Å². The number of cyclic esters (lactones) is 1. The second-order valence-corrected chi connectivity index (χ2v) is 8.19. The first-order chi connectivity index (χ1) is 12.7. The van der Waals surface area contributed by atoms with Crippen LogP contribution in [0, 0.1) is 12.8 Å². The molecule has 1 heterocycles. The molecule has 1 aromatic rings. The van der Waals surface area contributed by atoms with Gasteiger partial charge in [0, 0.05) is 17.0 Å². The van der Waals surface area contributed by atoms with Gasteiger partial charge in [0.25, 0.3) is 0 Å². The Hall–Kier alpha value is -2.57. The number of ether oxygens (including phenoxy) is 2. The summed E-state index contributed by atoms with van der Waals surface area (Å²) in [5.41, 5.74) is 2.66. The van der Waals surface area contributed by atoms with Crippen LogP contribution in [0.1, 0.15) is 66.7 Å². The topological polar surface area (TPSA) is 93.7 Å². The Morgan fingerprint density at radius 2 is 2.00 bits per heavy atom. The van der Waals surface area contributed by atoms with Crippen LogP contribution >= 0.6 is 0 Å². The minimum Gasteiger partial charge on any atom is -0.457 e. The third kappa shape index (κ3) is 4.59. The number of rotatable bonds is 5. The molecule has 0 saturated heterocycles. The van der Waals surface area contributed by atoms with Crippen LogP contribution in [-0.4, -0.2) is 30.1 Å². The second kappa shape index (κ2) is 7.21. The van der Waals surface area contributed by atoms with Crippen LogP contribution in [-0.2, 0) is 20.9 Å². The highest BCUT2D eigenvalue weighted by Gasteiger charge is 2.33. The first-order valence-electron chi connectivity index (χ1n) is 9.20. The molecule has 0 aromatic heterocycles. The summed E-state index contributed by atoms with van der Waals surface area (Å²) < 4.78 is 10.5. The van der Waals surface area contributed by atoms with Gasteiger partial charge in [-0.05, 0) is 57.7 Å². The van der Waals surface area contributed by atoms with E-state index in [1.165, 1.54) is 0 Å². The fourth-order valence-corrected chi connectivity index (χ4v) is 3.09. The van der Waals surface area contributed by atoms with E-state index in [1.54, 1.807) is 12.1 Å². The van der Waals surface area contributed by atoms with Crippen molar-refractivity contribution in [2.24, 2.45) is 5.92 Å². The van der Waals surface area contributed by atoms with E-state index in [2.05, 4.69) is 10.6 Å². The fourth-order valence-electron chi connectivity index (χ4n) is 3.09. The summed E-state index contributed by atoms with van der Waals surface area (Å²) in [5, 5.41) is 5.72. The lowest BCUT2D eigenvalue weighted by Crippen LogP contribution is -2.42. The Bertz CT molecular complexity index is 777. The first-order valence-corrected chi connectivity index (χ1v) is 9.20. The maximum absolute atomic E-state index is 12.3. The molecule has 0 spiro atoms. The molecule has 1 aromatic carbocycles. The van der Waals surface area contributed by atoms with Gasteiger partial charge in [-0.15, -0.1) is 0 Å². The zero-order valence-corrected chi connectivity index (χ0v) is 16.2. The van der Waals surface area contributed by atoms with Crippen molar-refractivity contribution in [1.82, 2.24) is 10.6 Å². The van der Waals surface area contributed by atoms with E-state index in [9.17, 15) is 14.4 Å². The number of carbonyl (C=O) groups excluding carboxylic acids is 3. The number of benzene rings is 1. The average Bonchev–Trinajstić information content (AvgIpc) is 3.35. The van der Waals surface area contributed by atoms with Gasteiger partial charge in [-0.25, -0.2) is 9.59 Å². The van der Waals surface area contributed by atoms with Crippen molar-refractivity contribution in [3.63, 3.8) is 0 Å². The molecule has 0 unspecified atom stereocenters. The average molecular weight is 374 g/mol. The molecule has 2 N–H and O–H groups in total. The standard InChI is InChI=1S/C20H26N2O5/c1-11-13(7-8-14-15(11)9-26-18(14)24)16(21-17(23)12-5-6-12)10-27-19(25)22-20(2,3)4/h7-8,12,16H,5-6,9-10H2,1-4H3,(H,21,23)(H,22,25)/t16-/m0/s1. The number of hydrogen-bond donors (Lipinski definition) is 2. The Kier molecular flexibility index (Phi) is 5.13. The number of amides is 2. The van der Waals surface area contributed by atoms with E-state index < -0.39 is 17.7 Å². The molecule has 146 valence electrons. The van der Waals surface area contributed by atoms with Crippen LogP contribution in [0.4, 0.5) is 4.79 Å². The first kappa shape index (κ1) is 19.2. The Labute approximate surface area is 158 Å². The molecule has 1 atom stereocenters. The van der Waals surface area contributed by atoms with Crippen molar-refractivity contribution >= 4 is 18.0 Å². The van der Waals surface area contributed by atoms with Crippen molar-refractivity contribution < 1.29 is 23.9 Å². The van der Waals surface area contributed by atoms with Gasteiger partial charge in [0.2, 0.25) is 5.91 Å². The molecule has 0 bridgehead atoms. The lowest BCUT2D eigenvalue weighted by Gasteiger charge is -2.24. The molecular weight excluding hydrogens is 348 g/mol. The molecule has 1 fully saturated rings. The number of hydrogen-bond acceptors (Lipinski definition) is 5. The van der Waals surface area contributed by atoms with E-state index in [4.69, 9.17) is 9.47 Å². The van der Waals surface area contributed by atoms with Crippen LogP contribution in [0.2, 0.25) is 0 Å². The molecule has 7 nitrogen and oxygen atoms in total. The van der Waals surface area contributed by atoms with Gasteiger partial charge in [-0.2, -0.15) is 0 Å². The Morgan fingerprint density at radius 1 is 1.30 bits per heavy atom. The van der Waals surface area contributed by atoms with Crippen LogP contribution in [0.3, 0.4) is 0 Å². The molecule has 27 heavy (non-hydrogen) atoms. The van der Waals surface area contributed by atoms with Crippen LogP contribution in [0.15, 0.2) is 12.1 Å². The monoisotopic (exact) mass is 374 g/mol. The predicted octanol–water partition coefficient (Wildman–Crippen LogP) is 2.76. The molecular formula is C20H26N2O5. The van der Waals surface area contributed by atoms with Crippen LogP contribution in [0.25, 0.3) is 0 Å². The fraction of sp³-hybridized carbons (Fsp3) is 0.550. The molecule has 0 radical (unpaired) electrons. The quantitative estimate of drug-likeness (QED) is 0.773. The zero-order chi connectivity index (χ0) is 19.8. The maximum atomic E-state index is 12.3. The summed E-state index contributed by atoms with van der Waals surface area (Å²) in [6, 6.07) is 3.02. The van der Waals surface area contributed by atoms with Crippen LogP contribution in [0.5, 0.6) is 0 Å². The SMILES string of the molecule is Cc1c([C@H](COC(=O)NC(C)(C)C)NC(=O)C2CC2)ccc2c1COC2=O. The van der Waals surface area contributed by atoms with E-state index in [1.807, 2.05) is 27.7 Å². The summed E-state index contributed by atoms with van der Waals surface area (Å²) in [7, 11) is 0. The molecule has 7 heteroatoms. The van der Waals surface area contributed by atoms with Gasteiger partial charge in [-0.1, -0.05) is 6.07 Å². The van der Waals surface area contributed by atoms with Crippen LogP contribution < -0.4 is 10.6 Å². The van der Waals surface area contributed by atoms with Crippen molar-refractivity contribution in [2.75, 3.05) is 6.61 Å². The highest BCUT2D eigenvalue weighted by molar-refractivity contribution is 5.94. The molecule has 1 aliphatic carbocycles. The van der Waals surface area contributed by atoms with Gasteiger partial charge in [0.05, 0.1) is 11.6 Å². The third-order valence-electron chi connectivity index (χ3n) is 4.71. The number of esters is 1. The number of fused-ring (bicyclic) bond motifs is 1. The summed E-state index contributed by atoms with van der Waals surface area (Å²) in [5.74, 6) is -0.332. The lowest BCUT2D eigenvalue weighted by atomic mass is 9.94. The van der Waals surface area contributed by atoms with Crippen molar-refractivity contribution in [3.05, 3.63) is 34.4 Å². The minimum atomic E-state index is -0.537. The summed E-state index contributed by atoms with van der Waals surface area (Å²) in [6.45, 7) is 7.71. The van der Waals surface area contributed by atoms with E-state index in [-0.39, 0.29) is 31.0 Å². The molecule has 1 aliphatic heterocycles. The van der Waals surface area contributed by atoms with Gasteiger partial charge < -0.3 is 20.1 Å². The van der Waals surface area contributed by atoms with E-state index in [0.29, 0.717) is 5.56 Å². The van der Waals surface area contributed by atoms with E-state index >= 15 is 0 Å². The molecule has 2 amide bonds. The van der Waals surface area contributed by atoms with E-state index in [0.717, 1.165) is 29.5 Å². The summed E-state index contributed by atoms with van der Waals surface area (Å²) in [6.07, 6.45) is 1.23. The van der Waals surface area contributed by atoms with Gasteiger partial charge >= 0.3 is 12.1 Å². The summed E-state index contributed by atoms with van der Waals surface area (Å²) >= 11 is 0. The zero-order valence-electron chi connectivity index (χ0n) is 16.2. The smallest absolute Gasteiger partial charge is 0.407 e.